The molecule has 0 bridgehead atoms. The third-order valence-electron chi connectivity index (χ3n) is 4.57. The molecule has 0 radical (unpaired) electrons. The molecule has 114 valence electrons. The van der Waals surface area contributed by atoms with Gasteiger partial charge in [0, 0.05) is 36.4 Å². The zero-order valence-corrected chi connectivity index (χ0v) is 13.2. The summed E-state index contributed by atoms with van der Waals surface area (Å²) in [5.74, 6) is 0. The number of urea groups is 1. The summed E-state index contributed by atoms with van der Waals surface area (Å²) in [4.78, 5) is 18.8. The number of piperidine rings is 1. The van der Waals surface area contributed by atoms with E-state index in [0.29, 0.717) is 11.1 Å². The summed E-state index contributed by atoms with van der Waals surface area (Å²) in [6.07, 6.45) is 3.74. The Morgan fingerprint density at radius 2 is 2.10 bits per heavy atom. The number of carbonyl (C=O) groups excluding carboxylic acids is 1. The second-order valence-electron chi connectivity index (χ2n) is 5.99. The van der Waals surface area contributed by atoms with Crippen molar-refractivity contribution in [3.63, 3.8) is 0 Å². The minimum atomic E-state index is 0.108. The van der Waals surface area contributed by atoms with E-state index >= 15 is 0 Å². The molecule has 2 saturated heterocycles. The second kappa shape index (κ2) is 6.24. The van der Waals surface area contributed by atoms with E-state index in [-0.39, 0.29) is 6.03 Å². The molecule has 0 aromatic heterocycles. The molecule has 1 unspecified atom stereocenters. The molecule has 0 aliphatic carbocycles. The smallest absolute Gasteiger partial charge is 0.321 e. The summed E-state index contributed by atoms with van der Waals surface area (Å²) in [6, 6.07) is 8.14. The lowest BCUT2D eigenvalue weighted by atomic mass is 10.0. The van der Waals surface area contributed by atoms with Crippen LogP contribution in [0.25, 0.3) is 0 Å². The quantitative estimate of drug-likeness (QED) is 0.858. The Hall–Kier alpha value is -1.26. The van der Waals surface area contributed by atoms with Crippen molar-refractivity contribution in [2.75, 3.05) is 38.1 Å². The lowest BCUT2D eigenvalue weighted by Gasteiger charge is -2.35. The molecule has 1 aromatic rings. The molecule has 0 N–H and O–H groups in total. The van der Waals surface area contributed by atoms with Gasteiger partial charge < -0.3 is 9.80 Å². The maximum Gasteiger partial charge on any atom is 0.324 e. The van der Waals surface area contributed by atoms with E-state index in [1.807, 2.05) is 34.1 Å². The van der Waals surface area contributed by atoms with Crippen molar-refractivity contribution in [1.29, 1.82) is 0 Å². The molecule has 4 nitrogen and oxygen atoms in total. The molecule has 2 aliphatic heterocycles. The van der Waals surface area contributed by atoms with Crippen LogP contribution in [0.1, 0.15) is 19.3 Å². The number of rotatable bonds is 3. The molecule has 0 saturated carbocycles. The van der Waals surface area contributed by atoms with Gasteiger partial charge in [-0.1, -0.05) is 24.1 Å². The van der Waals surface area contributed by atoms with E-state index in [1.165, 1.54) is 19.3 Å². The number of nitrogens with zero attached hydrogens (tertiary/aromatic N) is 3. The molecule has 2 aliphatic rings. The molecule has 5 heteroatoms. The Kier molecular flexibility index (Phi) is 4.36. The first-order valence-corrected chi connectivity index (χ1v) is 8.05. The lowest BCUT2D eigenvalue weighted by molar-refractivity contribution is 0.145. The number of hydrogen-bond donors (Lipinski definition) is 0. The van der Waals surface area contributed by atoms with Crippen LogP contribution in [0.2, 0.25) is 5.02 Å². The van der Waals surface area contributed by atoms with E-state index in [2.05, 4.69) is 11.9 Å². The summed E-state index contributed by atoms with van der Waals surface area (Å²) in [6.45, 7) is 3.53. The van der Waals surface area contributed by atoms with Gasteiger partial charge in [-0.25, -0.2) is 4.79 Å². The summed E-state index contributed by atoms with van der Waals surface area (Å²) >= 11 is 6.02. The van der Waals surface area contributed by atoms with Gasteiger partial charge in [0.1, 0.15) is 0 Å². The van der Waals surface area contributed by atoms with Gasteiger partial charge in [-0.15, -0.1) is 0 Å². The van der Waals surface area contributed by atoms with Gasteiger partial charge >= 0.3 is 6.03 Å². The van der Waals surface area contributed by atoms with Gasteiger partial charge in [-0.3, -0.25) is 4.90 Å². The fourth-order valence-corrected chi connectivity index (χ4v) is 3.45. The molecular formula is C16H22ClN3O. The Balaban J connectivity index is 1.66. The zero-order valence-electron chi connectivity index (χ0n) is 12.5. The highest BCUT2D eigenvalue weighted by Crippen LogP contribution is 2.25. The summed E-state index contributed by atoms with van der Waals surface area (Å²) in [5, 5.41) is 0.672. The predicted molar refractivity (Wildman–Crippen MR) is 86.0 cm³/mol. The van der Waals surface area contributed by atoms with Gasteiger partial charge in [-0.05, 0) is 44.6 Å². The zero-order chi connectivity index (χ0) is 14.8. The molecule has 2 fully saturated rings. The van der Waals surface area contributed by atoms with Crippen LogP contribution in [-0.4, -0.2) is 55.1 Å². The third-order valence-corrected chi connectivity index (χ3v) is 4.80. The van der Waals surface area contributed by atoms with Gasteiger partial charge in [-0.2, -0.15) is 0 Å². The van der Waals surface area contributed by atoms with Crippen LogP contribution < -0.4 is 4.90 Å². The van der Waals surface area contributed by atoms with Gasteiger partial charge in [0.05, 0.1) is 0 Å². The van der Waals surface area contributed by atoms with Crippen LogP contribution in [-0.2, 0) is 0 Å². The highest BCUT2D eigenvalue weighted by molar-refractivity contribution is 6.30. The topological polar surface area (TPSA) is 26.8 Å². The molecule has 1 aromatic carbocycles. The van der Waals surface area contributed by atoms with Crippen molar-refractivity contribution in [3.8, 4) is 0 Å². The van der Waals surface area contributed by atoms with E-state index in [0.717, 1.165) is 31.9 Å². The van der Waals surface area contributed by atoms with Crippen molar-refractivity contribution in [3.05, 3.63) is 29.3 Å². The number of hydrogen-bond acceptors (Lipinski definition) is 2. The fraction of sp³-hybridized carbons (Fsp3) is 0.562. The molecular weight excluding hydrogens is 286 g/mol. The number of amides is 2. The first-order chi connectivity index (χ1) is 10.1. The summed E-state index contributed by atoms with van der Waals surface area (Å²) in [7, 11) is 2.17. The van der Waals surface area contributed by atoms with Crippen LogP contribution in [0.5, 0.6) is 0 Å². The standard InChI is InChI=1S/C16H22ClN3O/c1-18-8-3-2-6-15(18)12-19-9-10-20(16(19)21)14-7-4-5-13(17)11-14/h4-5,7,11,15H,2-3,6,8-10,12H2,1H3. The Bertz CT molecular complexity index is 522. The molecule has 3 rings (SSSR count). The number of likely N-dealkylation sites (N-methyl/N-ethyl adjacent to an activating group) is 1. The van der Waals surface area contributed by atoms with E-state index < -0.39 is 0 Å². The van der Waals surface area contributed by atoms with Crippen molar-refractivity contribution >= 4 is 23.3 Å². The largest absolute Gasteiger partial charge is 0.324 e. The average Bonchev–Trinajstić information content (AvgIpc) is 2.83. The van der Waals surface area contributed by atoms with E-state index in [4.69, 9.17) is 11.6 Å². The molecule has 21 heavy (non-hydrogen) atoms. The van der Waals surface area contributed by atoms with Gasteiger partial charge in [0.15, 0.2) is 0 Å². The Morgan fingerprint density at radius 3 is 2.86 bits per heavy atom. The summed E-state index contributed by atoms with van der Waals surface area (Å²) < 4.78 is 0. The molecule has 0 spiro atoms. The molecule has 2 heterocycles. The number of likely N-dealkylation sites (tertiary alicyclic amines) is 1. The number of halogens is 1. The lowest BCUT2D eigenvalue weighted by Crippen LogP contribution is -2.46. The molecule has 2 amide bonds. The Morgan fingerprint density at radius 1 is 1.24 bits per heavy atom. The predicted octanol–water partition coefficient (Wildman–Crippen LogP) is 3.07. The number of benzene rings is 1. The minimum Gasteiger partial charge on any atom is -0.321 e. The first-order valence-electron chi connectivity index (χ1n) is 7.67. The maximum atomic E-state index is 12.6. The summed E-state index contributed by atoms with van der Waals surface area (Å²) in [5.41, 5.74) is 0.895. The van der Waals surface area contributed by atoms with Crippen LogP contribution in [0.3, 0.4) is 0 Å². The highest BCUT2D eigenvalue weighted by atomic mass is 35.5. The SMILES string of the molecule is CN1CCCCC1CN1CCN(c2cccc(Cl)c2)C1=O. The third kappa shape index (κ3) is 3.16. The highest BCUT2D eigenvalue weighted by Gasteiger charge is 2.32. The first kappa shape index (κ1) is 14.7. The van der Waals surface area contributed by atoms with E-state index in [9.17, 15) is 4.79 Å². The van der Waals surface area contributed by atoms with Crippen molar-refractivity contribution < 1.29 is 4.79 Å². The minimum absolute atomic E-state index is 0.108. The van der Waals surface area contributed by atoms with Crippen LogP contribution >= 0.6 is 11.6 Å². The van der Waals surface area contributed by atoms with Crippen molar-refractivity contribution in [2.45, 2.75) is 25.3 Å². The fourth-order valence-electron chi connectivity index (χ4n) is 3.26. The van der Waals surface area contributed by atoms with Crippen LogP contribution in [0, 0.1) is 0 Å². The van der Waals surface area contributed by atoms with Crippen molar-refractivity contribution in [1.82, 2.24) is 9.80 Å². The van der Waals surface area contributed by atoms with Gasteiger partial charge in [0.2, 0.25) is 0 Å². The normalized spacial score (nSPS) is 23.9. The monoisotopic (exact) mass is 307 g/mol. The Labute approximate surface area is 131 Å². The van der Waals surface area contributed by atoms with Crippen LogP contribution in [0.15, 0.2) is 24.3 Å². The maximum absolute atomic E-state index is 12.6. The number of carbonyl (C=O) groups is 1. The average molecular weight is 308 g/mol. The second-order valence-corrected chi connectivity index (χ2v) is 6.43. The molecule has 1 atom stereocenters. The van der Waals surface area contributed by atoms with Gasteiger partial charge in [0.25, 0.3) is 0 Å². The number of anilines is 1. The van der Waals surface area contributed by atoms with Crippen molar-refractivity contribution in [2.24, 2.45) is 0 Å². The van der Waals surface area contributed by atoms with Crippen LogP contribution in [0.4, 0.5) is 10.5 Å². The van der Waals surface area contributed by atoms with E-state index in [1.54, 1.807) is 0 Å².